The number of rotatable bonds is 4. The lowest BCUT2D eigenvalue weighted by molar-refractivity contribution is 0.592. The largest absolute Gasteiger partial charge is 0.308 e. The maximum absolute atomic E-state index is 15.5. The number of hydrogen-bond acceptors (Lipinski definition) is 2. The van der Waals surface area contributed by atoms with Crippen LogP contribution in [-0.2, 0) is 4.57 Å². The number of benzene rings is 8. The molecule has 1 aliphatic heterocycles. The summed E-state index contributed by atoms with van der Waals surface area (Å²) in [5.41, 5.74) is 8.52. The van der Waals surface area contributed by atoms with Gasteiger partial charge in [-0.15, -0.1) is 0 Å². The predicted molar refractivity (Wildman–Crippen MR) is 205 cm³/mol. The number of hydrogen-bond donors (Lipinski definition) is 0. The van der Waals surface area contributed by atoms with Crippen molar-refractivity contribution < 1.29 is 4.57 Å². The van der Waals surface area contributed by atoms with E-state index < -0.39 is 7.14 Å². The van der Waals surface area contributed by atoms with Gasteiger partial charge in [-0.2, -0.15) is 0 Å². The Hall–Kier alpha value is -6.02. The molecule has 0 saturated heterocycles. The molecule has 9 aromatic rings. The van der Waals surface area contributed by atoms with E-state index in [0.717, 1.165) is 54.8 Å². The van der Waals surface area contributed by atoms with Gasteiger partial charge in [0, 0.05) is 21.5 Å². The van der Waals surface area contributed by atoms with Gasteiger partial charge >= 0.3 is 0 Å². The Kier molecular flexibility index (Phi) is 6.15. The second-order valence-electron chi connectivity index (χ2n) is 12.6. The van der Waals surface area contributed by atoms with E-state index in [0.29, 0.717) is 0 Å². The Labute approximate surface area is 284 Å². The smallest absolute Gasteiger partial charge is 0.175 e. The number of nitrogens with zero attached hydrogens (tertiary/aromatic N) is 2. The molecule has 10 rings (SSSR count). The summed E-state index contributed by atoms with van der Waals surface area (Å²) in [5, 5.41) is 7.10. The zero-order valence-corrected chi connectivity index (χ0v) is 27.4. The van der Waals surface area contributed by atoms with Gasteiger partial charge in [0.05, 0.1) is 16.7 Å². The van der Waals surface area contributed by atoms with Crippen LogP contribution in [0.5, 0.6) is 0 Å². The predicted octanol–water partition coefficient (Wildman–Crippen LogP) is 10.3. The molecule has 0 bridgehead atoms. The van der Waals surface area contributed by atoms with Gasteiger partial charge in [-0.25, -0.2) is 4.98 Å². The molecule has 230 valence electrons. The molecule has 1 unspecified atom stereocenters. The lowest BCUT2D eigenvalue weighted by Crippen LogP contribution is -2.32. The van der Waals surface area contributed by atoms with Crippen LogP contribution < -0.4 is 15.9 Å². The van der Waals surface area contributed by atoms with Gasteiger partial charge < -0.3 is 4.57 Å². The summed E-state index contributed by atoms with van der Waals surface area (Å²) >= 11 is 0. The summed E-state index contributed by atoms with van der Waals surface area (Å²) in [4.78, 5) is 5.40. The molecule has 0 saturated carbocycles. The van der Waals surface area contributed by atoms with E-state index in [9.17, 15) is 0 Å². The first-order valence-corrected chi connectivity index (χ1v) is 18.3. The zero-order valence-electron chi connectivity index (χ0n) is 26.5. The van der Waals surface area contributed by atoms with Crippen LogP contribution in [0.2, 0.25) is 0 Å². The maximum atomic E-state index is 15.5. The lowest BCUT2D eigenvalue weighted by atomic mass is 9.87. The molecule has 1 aliphatic rings. The average molecular weight is 645 g/mol. The van der Waals surface area contributed by atoms with Crippen LogP contribution in [0.15, 0.2) is 176 Å². The third-order valence-corrected chi connectivity index (χ3v) is 13.1. The fourth-order valence-corrected chi connectivity index (χ4v) is 10.9. The molecule has 3 nitrogen and oxygen atoms in total. The maximum Gasteiger partial charge on any atom is 0.175 e. The molecule has 8 aromatic carbocycles. The minimum Gasteiger partial charge on any atom is -0.308 e. The highest BCUT2D eigenvalue weighted by atomic mass is 31.2. The first-order chi connectivity index (χ1) is 24.2. The summed E-state index contributed by atoms with van der Waals surface area (Å²) in [7, 11) is -3.17. The van der Waals surface area contributed by atoms with Gasteiger partial charge in [0.1, 0.15) is 5.82 Å². The molecule has 0 amide bonds. The van der Waals surface area contributed by atoms with E-state index in [4.69, 9.17) is 4.98 Å². The van der Waals surface area contributed by atoms with Crippen molar-refractivity contribution in [2.24, 2.45) is 0 Å². The third-order valence-electron chi connectivity index (χ3n) is 10.0. The zero-order chi connectivity index (χ0) is 32.5. The topological polar surface area (TPSA) is 34.9 Å². The minimum atomic E-state index is -3.17. The quantitative estimate of drug-likeness (QED) is 0.141. The Morgan fingerprint density at radius 2 is 0.939 bits per heavy atom. The van der Waals surface area contributed by atoms with Crippen LogP contribution in [-0.4, -0.2) is 9.55 Å². The number of imidazole rings is 1. The van der Waals surface area contributed by atoms with Crippen molar-refractivity contribution in [2.45, 2.75) is 0 Å². The Bertz CT molecular complexity index is 2730. The van der Waals surface area contributed by atoms with Gasteiger partial charge in [-0.1, -0.05) is 152 Å². The van der Waals surface area contributed by atoms with Gasteiger partial charge in [0.25, 0.3) is 0 Å². The highest BCUT2D eigenvalue weighted by molar-refractivity contribution is 7.86. The molecule has 0 aliphatic carbocycles. The Balaban J connectivity index is 1.29. The Morgan fingerprint density at radius 3 is 1.61 bits per heavy atom. The van der Waals surface area contributed by atoms with Crippen molar-refractivity contribution in [2.75, 3.05) is 0 Å². The van der Waals surface area contributed by atoms with Crippen molar-refractivity contribution in [1.82, 2.24) is 9.55 Å². The molecule has 0 radical (unpaired) electrons. The molecular weight excluding hydrogens is 615 g/mol. The normalized spacial score (nSPS) is 15.1. The van der Waals surface area contributed by atoms with E-state index in [2.05, 4.69) is 120 Å². The highest BCUT2D eigenvalue weighted by Gasteiger charge is 2.40. The van der Waals surface area contributed by atoms with E-state index in [-0.39, 0.29) is 0 Å². The van der Waals surface area contributed by atoms with Gasteiger partial charge in [-0.3, -0.25) is 4.57 Å². The van der Waals surface area contributed by atoms with Gasteiger partial charge in [-0.05, 0) is 68.1 Å². The summed E-state index contributed by atoms with van der Waals surface area (Å²) in [6.07, 6.45) is 0. The van der Waals surface area contributed by atoms with Gasteiger partial charge in [0.2, 0.25) is 0 Å². The molecular formula is C45H29N2OP. The fourth-order valence-electron chi connectivity index (χ4n) is 7.87. The fraction of sp³-hybridized carbons (Fsp3) is 0. The van der Waals surface area contributed by atoms with Crippen molar-refractivity contribution in [3.05, 3.63) is 176 Å². The van der Waals surface area contributed by atoms with E-state index in [1.165, 1.54) is 33.0 Å². The van der Waals surface area contributed by atoms with Crippen molar-refractivity contribution >= 4 is 55.6 Å². The average Bonchev–Trinajstić information content (AvgIpc) is 3.56. The standard InChI is InChI=1S/C45H29N2OP/c48-49(33-16-5-2-6-17-33)40-24-12-11-23-39(40)47-44-38(22-13-25-41(44)49)46-45(47)43-36-20-9-7-18-34(36)42(35-19-8-10-21-37(35)43)32-28-26-31(27-29-32)30-14-3-1-4-15-30/h1-29H. The summed E-state index contributed by atoms with van der Waals surface area (Å²) in [6.45, 7) is 0. The molecule has 1 atom stereocenters. The lowest BCUT2D eigenvalue weighted by Gasteiger charge is -2.29. The molecule has 2 heterocycles. The first-order valence-electron chi connectivity index (χ1n) is 16.6. The van der Waals surface area contributed by atoms with E-state index in [1.807, 2.05) is 60.7 Å². The molecule has 1 aromatic heterocycles. The SMILES string of the molecule is O=P1(c2ccccc2)c2ccccc2-n2c(-c3c4ccccc4c(-c4ccc(-c5ccccc5)cc4)c4ccccc34)nc3cccc1c32. The third kappa shape index (κ3) is 4.03. The summed E-state index contributed by atoms with van der Waals surface area (Å²) in [5.74, 6) is 0.854. The molecule has 0 spiro atoms. The van der Waals surface area contributed by atoms with E-state index >= 15 is 4.57 Å². The van der Waals surface area contributed by atoms with Crippen LogP contribution in [0.1, 0.15) is 0 Å². The second-order valence-corrected chi connectivity index (χ2v) is 15.3. The van der Waals surface area contributed by atoms with Crippen LogP contribution >= 0.6 is 7.14 Å². The molecule has 0 fully saturated rings. The number of aromatic nitrogens is 2. The second kappa shape index (κ2) is 10.8. The Morgan fingerprint density at radius 1 is 0.429 bits per heavy atom. The molecule has 4 heteroatoms. The number of fused-ring (bicyclic) bond motifs is 4. The molecule has 0 N–H and O–H groups in total. The van der Waals surface area contributed by atoms with Crippen molar-refractivity contribution in [1.29, 1.82) is 0 Å². The summed E-state index contributed by atoms with van der Waals surface area (Å²) in [6, 6.07) is 61.0. The highest BCUT2D eigenvalue weighted by Crippen LogP contribution is 2.51. The monoisotopic (exact) mass is 644 g/mol. The summed E-state index contributed by atoms with van der Waals surface area (Å²) < 4.78 is 17.8. The van der Waals surface area contributed by atoms with Crippen LogP contribution in [0, 0.1) is 0 Å². The van der Waals surface area contributed by atoms with Crippen molar-refractivity contribution in [3.8, 4) is 39.3 Å². The van der Waals surface area contributed by atoms with Crippen LogP contribution in [0.25, 0.3) is 71.9 Å². The van der Waals surface area contributed by atoms with E-state index in [1.54, 1.807) is 0 Å². The molecule has 49 heavy (non-hydrogen) atoms. The first kappa shape index (κ1) is 28.0. The van der Waals surface area contributed by atoms with Crippen molar-refractivity contribution in [3.63, 3.8) is 0 Å². The van der Waals surface area contributed by atoms with Crippen LogP contribution in [0.4, 0.5) is 0 Å². The number of para-hydroxylation sites is 2. The minimum absolute atomic E-state index is 0.831. The van der Waals surface area contributed by atoms with Gasteiger partial charge in [0.15, 0.2) is 7.14 Å². The van der Waals surface area contributed by atoms with Crippen LogP contribution in [0.3, 0.4) is 0 Å².